The van der Waals surface area contributed by atoms with Gasteiger partial charge in [-0.3, -0.25) is 4.79 Å². The van der Waals surface area contributed by atoms with Crippen molar-refractivity contribution in [1.29, 1.82) is 0 Å². The molecular formula is C14H19NO3. The van der Waals surface area contributed by atoms with Crippen LogP contribution in [0.1, 0.15) is 13.8 Å². The summed E-state index contributed by atoms with van der Waals surface area (Å²) >= 11 is 0. The van der Waals surface area contributed by atoms with Gasteiger partial charge in [-0.2, -0.15) is 0 Å². The highest BCUT2D eigenvalue weighted by atomic mass is 16.5. The summed E-state index contributed by atoms with van der Waals surface area (Å²) < 4.78 is 11.1. The summed E-state index contributed by atoms with van der Waals surface area (Å²) in [6.45, 7) is 5.33. The van der Waals surface area contributed by atoms with E-state index in [0.717, 1.165) is 5.75 Å². The number of hydrogen-bond donors (Lipinski definition) is 0. The lowest BCUT2D eigenvalue weighted by atomic mass is 10.2. The van der Waals surface area contributed by atoms with Gasteiger partial charge in [0.25, 0.3) is 5.91 Å². The highest BCUT2D eigenvalue weighted by Gasteiger charge is 2.25. The van der Waals surface area contributed by atoms with Crippen molar-refractivity contribution in [2.75, 3.05) is 19.7 Å². The zero-order valence-corrected chi connectivity index (χ0v) is 10.8. The van der Waals surface area contributed by atoms with E-state index in [1.54, 1.807) is 0 Å². The maximum Gasteiger partial charge on any atom is 0.260 e. The number of carbonyl (C=O) groups excluding carboxylic acids is 1. The zero-order valence-electron chi connectivity index (χ0n) is 10.8. The zero-order chi connectivity index (χ0) is 13.0. The Labute approximate surface area is 107 Å². The predicted molar refractivity (Wildman–Crippen MR) is 68.5 cm³/mol. The fourth-order valence-corrected chi connectivity index (χ4v) is 2.13. The third-order valence-corrected chi connectivity index (χ3v) is 2.88. The molecule has 0 saturated carbocycles. The van der Waals surface area contributed by atoms with Gasteiger partial charge in [-0.25, -0.2) is 0 Å². The van der Waals surface area contributed by atoms with Crippen LogP contribution in [0.5, 0.6) is 5.75 Å². The molecule has 1 aromatic rings. The number of carbonyl (C=O) groups is 1. The Hall–Kier alpha value is -1.55. The first kappa shape index (κ1) is 12.9. The molecule has 1 amide bonds. The lowest BCUT2D eigenvalue weighted by molar-refractivity contribution is -0.145. The van der Waals surface area contributed by atoms with Crippen molar-refractivity contribution in [2.45, 2.75) is 26.1 Å². The van der Waals surface area contributed by atoms with E-state index in [-0.39, 0.29) is 24.7 Å². The first-order valence-corrected chi connectivity index (χ1v) is 6.26. The quantitative estimate of drug-likeness (QED) is 0.818. The second-order valence-corrected chi connectivity index (χ2v) is 4.66. The molecule has 2 atom stereocenters. The minimum absolute atomic E-state index is 0.0147. The minimum atomic E-state index is 0.0147. The van der Waals surface area contributed by atoms with Crippen LogP contribution in [-0.4, -0.2) is 42.7 Å². The molecule has 1 fully saturated rings. The van der Waals surface area contributed by atoms with Gasteiger partial charge in [0.2, 0.25) is 0 Å². The predicted octanol–water partition coefficient (Wildman–Crippen LogP) is 1.70. The van der Waals surface area contributed by atoms with Gasteiger partial charge in [-0.05, 0) is 26.0 Å². The number of rotatable bonds is 3. The average Bonchev–Trinajstić information content (AvgIpc) is 2.36. The fraction of sp³-hybridized carbons (Fsp3) is 0.500. The first-order valence-electron chi connectivity index (χ1n) is 6.26. The topological polar surface area (TPSA) is 38.8 Å². The van der Waals surface area contributed by atoms with E-state index in [9.17, 15) is 4.79 Å². The summed E-state index contributed by atoms with van der Waals surface area (Å²) in [5, 5.41) is 0. The molecule has 2 rings (SSSR count). The second kappa shape index (κ2) is 5.87. The van der Waals surface area contributed by atoms with Crippen LogP contribution in [0.15, 0.2) is 30.3 Å². The van der Waals surface area contributed by atoms with Crippen molar-refractivity contribution in [3.63, 3.8) is 0 Å². The number of nitrogens with zero attached hydrogens (tertiary/aromatic N) is 1. The molecule has 0 aliphatic carbocycles. The Balaban J connectivity index is 1.84. The number of ether oxygens (including phenoxy) is 2. The second-order valence-electron chi connectivity index (χ2n) is 4.66. The highest BCUT2D eigenvalue weighted by Crippen LogP contribution is 2.12. The van der Waals surface area contributed by atoms with Crippen LogP contribution in [0.3, 0.4) is 0 Å². The molecule has 0 spiro atoms. The Kier molecular flexibility index (Phi) is 4.20. The summed E-state index contributed by atoms with van der Waals surface area (Å²) in [5.74, 6) is 0.737. The fourth-order valence-electron chi connectivity index (χ4n) is 2.13. The molecule has 1 saturated heterocycles. The van der Waals surface area contributed by atoms with Crippen LogP contribution in [0.4, 0.5) is 0 Å². The van der Waals surface area contributed by atoms with Crippen LogP contribution in [0.2, 0.25) is 0 Å². The molecule has 18 heavy (non-hydrogen) atoms. The van der Waals surface area contributed by atoms with Gasteiger partial charge < -0.3 is 14.4 Å². The van der Waals surface area contributed by atoms with Gasteiger partial charge in [0.05, 0.1) is 12.2 Å². The van der Waals surface area contributed by atoms with Gasteiger partial charge >= 0.3 is 0 Å². The van der Waals surface area contributed by atoms with Gasteiger partial charge in [0, 0.05) is 13.1 Å². The maximum atomic E-state index is 12.0. The van der Waals surface area contributed by atoms with E-state index >= 15 is 0 Å². The van der Waals surface area contributed by atoms with Gasteiger partial charge in [0.15, 0.2) is 6.61 Å². The highest BCUT2D eigenvalue weighted by molar-refractivity contribution is 5.78. The number of morpholine rings is 1. The van der Waals surface area contributed by atoms with E-state index in [1.165, 1.54) is 0 Å². The Bertz CT molecular complexity index is 383. The number of hydrogen-bond acceptors (Lipinski definition) is 3. The van der Waals surface area contributed by atoms with Gasteiger partial charge in [-0.15, -0.1) is 0 Å². The SMILES string of the molecule is C[C@@H]1CN(C(=O)COc2ccccc2)C[C@@H](C)O1. The standard InChI is InChI=1S/C14H19NO3/c1-11-8-15(9-12(2)18-11)14(16)10-17-13-6-4-3-5-7-13/h3-7,11-12H,8-10H2,1-2H3/t11-,12-/m1/s1. The summed E-state index contributed by atoms with van der Waals surface area (Å²) in [4.78, 5) is 13.8. The number of amides is 1. The summed E-state index contributed by atoms with van der Waals surface area (Å²) in [6, 6.07) is 9.38. The van der Waals surface area contributed by atoms with Crippen molar-refractivity contribution < 1.29 is 14.3 Å². The molecule has 0 unspecified atom stereocenters. The molecular weight excluding hydrogens is 230 g/mol. The molecule has 4 heteroatoms. The summed E-state index contributed by atoms with van der Waals surface area (Å²) in [6.07, 6.45) is 0.184. The van der Waals surface area contributed by atoms with Crippen LogP contribution >= 0.6 is 0 Å². The normalized spacial score (nSPS) is 23.8. The van der Waals surface area contributed by atoms with Gasteiger partial charge in [-0.1, -0.05) is 18.2 Å². The third kappa shape index (κ3) is 3.47. The first-order chi connectivity index (χ1) is 8.65. The Morgan fingerprint density at radius 2 is 1.89 bits per heavy atom. The van der Waals surface area contributed by atoms with Crippen LogP contribution in [-0.2, 0) is 9.53 Å². The van der Waals surface area contributed by atoms with Crippen LogP contribution < -0.4 is 4.74 Å². The Morgan fingerprint density at radius 3 is 2.50 bits per heavy atom. The molecule has 1 heterocycles. The molecule has 1 aromatic carbocycles. The van der Waals surface area contributed by atoms with Crippen molar-refractivity contribution in [3.8, 4) is 5.75 Å². The van der Waals surface area contributed by atoms with E-state index in [1.807, 2.05) is 49.1 Å². The number of benzene rings is 1. The molecule has 0 bridgehead atoms. The molecule has 1 aliphatic rings. The van der Waals surface area contributed by atoms with E-state index in [4.69, 9.17) is 9.47 Å². The monoisotopic (exact) mass is 249 g/mol. The molecule has 1 aliphatic heterocycles. The molecule has 0 aromatic heterocycles. The van der Waals surface area contributed by atoms with Crippen molar-refractivity contribution in [3.05, 3.63) is 30.3 Å². The van der Waals surface area contributed by atoms with E-state index < -0.39 is 0 Å². The molecule has 0 radical (unpaired) electrons. The lowest BCUT2D eigenvalue weighted by Crippen LogP contribution is -2.49. The smallest absolute Gasteiger partial charge is 0.260 e. The third-order valence-electron chi connectivity index (χ3n) is 2.88. The molecule has 98 valence electrons. The van der Waals surface area contributed by atoms with E-state index in [2.05, 4.69) is 0 Å². The molecule has 4 nitrogen and oxygen atoms in total. The lowest BCUT2D eigenvalue weighted by Gasteiger charge is -2.35. The maximum absolute atomic E-state index is 12.0. The minimum Gasteiger partial charge on any atom is -0.484 e. The van der Waals surface area contributed by atoms with Crippen LogP contribution in [0, 0.1) is 0 Å². The van der Waals surface area contributed by atoms with Crippen molar-refractivity contribution >= 4 is 5.91 Å². The van der Waals surface area contributed by atoms with Crippen molar-refractivity contribution in [1.82, 2.24) is 4.90 Å². The molecule has 0 N–H and O–H groups in total. The van der Waals surface area contributed by atoms with Gasteiger partial charge in [0.1, 0.15) is 5.75 Å². The van der Waals surface area contributed by atoms with Crippen molar-refractivity contribution in [2.24, 2.45) is 0 Å². The summed E-state index contributed by atoms with van der Waals surface area (Å²) in [5.41, 5.74) is 0. The van der Waals surface area contributed by atoms with E-state index in [0.29, 0.717) is 13.1 Å². The average molecular weight is 249 g/mol. The largest absolute Gasteiger partial charge is 0.484 e. The Morgan fingerprint density at radius 1 is 1.28 bits per heavy atom. The van der Waals surface area contributed by atoms with Crippen LogP contribution in [0.25, 0.3) is 0 Å². The summed E-state index contributed by atoms with van der Waals surface area (Å²) in [7, 11) is 0. The number of para-hydroxylation sites is 1.